The number of carbonyl (C=O) groups is 3. The Kier molecular flexibility index (Phi) is 53.0. The molecule has 69 heavy (non-hydrogen) atoms. The van der Waals surface area contributed by atoms with Crippen molar-refractivity contribution >= 4 is 17.9 Å². The fraction of sp³-hybridized carbons (Fsp3) is 0.635. The van der Waals surface area contributed by atoms with Crippen LogP contribution in [-0.2, 0) is 28.6 Å². The normalized spacial score (nSPS) is 13.0. The summed E-state index contributed by atoms with van der Waals surface area (Å²) in [6.45, 7) is 6.38. The van der Waals surface area contributed by atoms with Crippen LogP contribution in [0.15, 0.2) is 122 Å². The third-order valence-corrected chi connectivity index (χ3v) is 11.4. The van der Waals surface area contributed by atoms with Crippen molar-refractivity contribution < 1.29 is 28.6 Å². The van der Waals surface area contributed by atoms with Gasteiger partial charge >= 0.3 is 17.9 Å². The van der Waals surface area contributed by atoms with Gasteiger partial charge in [-0.1, -0.05) is 213 Å². The third-order valence-electron chi connectivity index (χ3n) is 11.4. The zero-order valence-corrected chi connectivity index (χ0v) is 44.5. The Morgan fingerprint density at radius 3 is 0.971 bits per heavy atom. The first kappa shape index (κ1) is 64.8. The van der Waals surface area contributed by atoms with E-state index in [1.165, 1.54) is 96.3 Å². The topological polar surface area (TPSA) is 78.9 Å². The fourth-order valence-electron chi connectivity index (χ4n) is 7.22. The molecule has 0 saturated heterocycles. The highest BCUT2D eigenvalue weighted by atomic mass is 16.6. The van der Waals surface area contributed by atoms with Crippen LogP contribution in [0.5, 0.6) is 0 Å². The molecule has 0 saturated carbocycles. The van der Waals surface area contributed by atoms with Crippen molar-refractivity contribution in [3.63, 3.8) is 0 Å². The molecule has 0 aliphatic carbocycles. The lowest BCUT2D eigenvalue weighted by Gasteiger charge is -2.18. The number of rotatable bonds is 49. The number of ether oxygens (including phenoxy) is 3. The van der Waals surface area contributed by atoms with E-state index in [0.29, 0.717) is 25.7 Å². The Morgan fingerprint density at radius 1 is 0.304 bits per heavy atom. The SMILES string of the molecule is CC/C=C\C/C=C\C/C=C\C/C=C\C/C=C\CCCC(=O)OC[C@H](COC(=O)CCCC/C=C\C/C=C\C/C=C\CCCCC)OC(=O)CCCCCCCCCCC/C=C\C/C=C\CCCCC. The third kappa shape index (κ3) is 54.6. The first-order chi connectivity index (χ1) is 34.0. The van der Waals surface area contributed by atoms with Crippen LogP contribution in [0.1, 0.15) is 239 Å². The van der Waals surface area contributed by atoms with Crippen molar-refractivity contribution in [2.75, 3.05) is 13.2 Å². The van der Waals surface area contributed by atoms with Crippen molar-refractivity contribution in [1.82, 2.24) is 0 Å². The lowest BCUT2D eigenvalue weighted by Crippen LogP contribution is -2.30. The fourth-order valence-corrected chi connectivity index (χ4v) is 7.22. The molecular formula is C63H102O6. The molecule has 0 radical (unpaired) electrons. The van der Waals surface area contributed by atoms with E-state index >= 15 is 0 Å². The Hall–Kier alpha value is -4.19. The molecule has 0 fully saturated rings. The molecule has 0 aromatic heterocycles. The van der Waals surface area contributed by atoms with Gasteiger partial charge in [0.05, 0.1) is 0 Å². The van der Waals surface area contributed by atoms with Gasteiger partial charge in [0.1, 0.15) is 13.2 Å². The highest BCUT2D eigenvalue weighted by Gasteiger charge is 2.19. The van der Waals surface area contributed by atoms with Crippen molar-refractivity contribution in [3.8, 4) is 0 Å². The van der Waals surface area contributed by atoms with Gasteiger partial charge in [-0.3, -0.25) is 14.4 Å². The van der Waals surface area contributed by atoms with E-state index in [9.17, 15) is 14.4 Å². The molecule has 6 heteroatoms. The molecule has 0 aliphatic heterocycles. The molecule has 0 aliphatic rings. The van der Waals surface area contributed by atoms with Gasteiger partial charge in [-0.25, -0.2) is 0 Å². The highest BCUT2D eigenvalue weighted by Crippen LogP contribution is 2.14. The Labute approximate surface area is 424 Å². The second kappa shape index (κ2) is 56.4. The van der Waals surface area contributed by atoms with Gasteiger partial charge in [0.25, 0.3) is 0 Å². The second-order valence-corrected chi connectivity index (χ2v) is 18.1. The maximum absolute atomic E-state index is 12.9. The lowest BCUT2D eigenvalue weighted by molar-refractivity contribution is -0.167. The molecule has 0 unspecified atom stereocenters. The number of hydrogen-bond donors (Lipinski definition) is 0. The highest BCUT2D eigenvalue weighted by molar-refractivity contribution is 5.71. The zero-order chi connectivity index (χ0) is 50.0. The summed E-state index contributed by atoms with van der Waals surface area (Å²) >= 11 is 0. The van der Waals surface area contributed by atoms with E-state index in [-0.39, 0.29) is 37.5 Å². The van der Waals surface area contributed by atoms with Crippen molar-refractivity contribution in [2.45, 2.75) is 245 Å². The van der Waals surface area contributed by atoms with E-state index in [1.54, 1.807) is 0 Å². The first-order valence-corrected chi connectivity index (χ1v) is 28.0. The minimum absolute atomic E-state index is 0.120. The molecule has 0 bridgehead atoms. The van der Waals surface area contributed by atoms with E-state index in [2.05, 4.69) is 142 Å². The van der Waals surface area contributed by atoms with Gasteiger partial charge in [-0.05, 0) is 128 Å². The molecule has 0 aromatic carbocycles. The van der Waals surface area contributed by atoms with Crippen LogP contribution in [-0.4, -0.2) is 37.2 Å². The summed E-state index contributed by atoms with van der Waals surface area (Å²) in [4.78, 5) is 38.1. The summed E-state index contributed by atoms with van der Waals surface area (Å²) < 4.78 is 16.8. The molecule has 0 heterocycles. The monoisotopic (exact) mass is 955 g/mol. The quantitative estimate of drug-likeness (QED) is 0.0262. The van der Waals surface area contributed by atoms with Crippen LogP contribution in [0, 0.1) is 0 Å². The molecule has 0 aromatic rings. The van der Waals surface area contributed by atoms with Gasteiger partial charge < -0.3 is 14.2 Å². The van der Waals surface area contributed by atoms with E-state index in [4.69, 9.17) is 14.2 Å². The number of unbranched alkanes of at least 4 members (excludes halogenated alkanes) is 18. The summed E-state index contributed by atoms with van der Waals surface area (Å²) in [5.41, 5.74) is 0. The minimum Gasteiger partial charge on any atom is -0.462 e. The number of esters is 3. The van der Waals surface area contributed by atoms with Crippen LogP contribution >= 0.6 is 0 Å². The van der Waals surface area contributed by atoms with Crippen LogP contribution in [0.4, 0.5) is 0 Å². The molecule has 1 atom stereocenters. The average molecular weight is 956 g/mol. The van der Waals surface area contributed by atoms with E-state index < -0.39 is 6.10 Å². The van der Waals surface area contributed by atoms with Gasteiger partial charge in [0.2, 0.25) is 0 Å². The minimum atomic E-state index is -0.823. The summed E-state index contributed by atoms with van der Waals surface area (Å²) in [5, 5.41) is 0. The summed E-state index contributed by atoms with van der Waals surface area (Å²) in [6, 6.07) is 0. The van der Waals surface area contributed by atoms with Gasteiger partial charge in [-0.15, -0.1) is 0 Å². The van der Waals surface area contributed by atoms with E-state index in [0.717, 1.165) is 89.9 Å². The van der Waals surface area contributed by atoms with Crippen molar-refractivity contribution in [3.05, 3.63) is 122 Å². The van der Waals surface area contributed by atoms with Crippen LogP contribution in [0.2, 0.25) is 0 Å². The Bertz CT molecular complexity index is 1470. The number of carbonyl (C=O) groups excluding carboxylic acids is 3. The maximum atomic E-state index is 12.9. The second-order valence-electron chi connectivity index (χ2n) is 18.1. The van der Waals surface area contributed by atoms with E-state index in [1.807, 2.05) is 0 Å². The number of hydrogen-bond acceptors (Lipinski definition) is 6. The van der Waals surface area contributed by atoms with Gasteiger partial charge in [-0.2, -0.15) is 0 Å². The smallest absolute Gasteiger partial charge is 0.306 e. The molecule has 0 spiro atoms. The van der Waals surface area contributed by atoms with Crippen LogP contribution in [0.3, 0.4) is 0 Å². The number of allylic oxidation sites excluding steroid dienone is 20. The van der Waals surface area contributed by atoms with Crippen molar-refractivity contribution in [2.24, 2.45) is 0 Å². The van der Waals surface area contributed by atoms with Crippen LogP contribution in [0.25, 0.3) is 0 Å². The molecule has 6 nitrogen and oxygen atoms in total. The van der Waals surface area contributed by atoms with Crippen molar-refractivity contribution in [1.29, 1.82) is 0 Å². The molecule has 0 N–H and O–H groups in total. The predicted molar refractivity (Wildman–Crippen MR) is 297 cm³/mol. The standard InChI is InChI=1S/C63H102O6/c1-4-7-10-13-16-19-22-25-28-30-31-33-36-39-42-45-48-51-54-57-63(66)69-60(58-67-61(64)55-52-49-46-43-40-37-34-27-24-21-18-15-12-9-6-3)59-68-62(65)56-53-50-47-44-41-38-35-32-29-26-23-20-17-14-11-8-5-2/h8,11,16-21,25-29,34-35,38,40,43-44,47,60H,4-7,9-10,12-15,22-24,30-33,36-37,39,41-42,45-46,48-59H2,1-3H3/b11-8-,19-16-,20-17-,21-18-,28-25-,29-26-,34-27-,38-35-,43-40-,47-44-/t60-/m0/s1. The summed E-state index contributed by atoms with van der Waals surface area (Å²) in [5.74, 6) is -1.02. The largest absolute Gasteiger partial charge is 0.462 e. The summed E-state index contributed by atoms with van der Waals surface area (Å²) in [7, 11) is 0. The Morgan fingerprint density at radius 2 is 0.580 bits per heavy atom. The zero-order valence-electron chi connectivity index (χ0n) is 44.5. The Balaban J connectivity index is 4.54. The first-order valence-electron chi connectivity index (χ1n) is 28.0. The summed E-state index contributed by atoms with van der Waals surface area (Å²) in [6.07, 6.45) is 77.6. The maximum Gasteiger partial charge on any atom is 0.306 e. The molecule has 0 amide bonds. The van der Waals surface area contributed by atoms with Crippen LogP contribution < -0.4 is 0 Å². The van der Waals surface area contributed by atoms with Gasteiger partial charge in [0, 0.05) is 19.3 Å². The molecular weight excluding hydrogens is 853 g/mol. The molecule has 0 rings (SSSR count). The predicted octanol–water partition coefficient (Wildman–Crippen LogP) is 18.9. The average Bonchev–Trinajstić information content (AvgIpc) is 3.35. The molecule has 390 valence electrons. The lowest BCUT2D eigenvalue weighted by atomic mass is 10.1. The van der Waals surface area contributed by atoms with Gasteiger partial charge in [0.15, 0.2) is 6.10 Å².